The number of benzene rings is 1. The lowest BCUT2D eigenvalue weighted by molar-refractivity contribution is -0.646. The first-order valence-electron chi connectivity index (χ1n) is 5.96. The summed E-state index contributed by atoms with van der Waals surface area (Å²) < 4.78 is 35.3. The molecule has 8 heteroatoms. The average molecular weight is 328 g/mol. The normalized spacial score (nSPS) is 13.4. The lowest BCUT2D eigenvalue weighted by Gasteiger charge is -2.08. The zero-order valence-corrected chi connectivity index (χ0v) is 12.2. The van der Waals surface area contributed by atoms with Crippen LogP contribution in [0.1, 0.15) is 5.56 Å². The van der Waals surface area contributed by atoms with E-state index < -0.39 is 15.6 Å². The van der Waals surface area contributed by atoms with Crippen LogP contribution >= 0.6 is 11.6 Å². The van der Waals surface area contributed by atoms with Crippen LogP contribution in [0.3, 0.4) is 0 Å². The molecular weight excluding hydrogens is 318 g/mol. The van der Waals surface area contributed by atoms with Crippen molar-refractivity contribution in [2.45, 2.75) is 10.8 Å². The number of nitrogens with zero attached hydrogens (tertiary/aromatic N) is 1. The highest BCUT2D eigenvalue weighted by Gasteiger charge is 2.26. The molecule has 21 heavy (non-hydrogen) atoms. The summed E-state index contributed by atoms with van der Waals surface area (Å²) in [7, 11) is -3.81. The van der Waals surface area contributed by atoms with Crippen molar-refractivity contribution in [2.75, 3.05) is 6.79 Å². The molecule has 3 rings (SSSR count). The van der Waals surface area contributed by atoms with E-state index in [2.05, 4.69) is 0 Å². The third-order valence-electron chi connectivity index (χ3n) is 2.99. The first-order chi connectivity index (χ1) is 9.97. The number of rotatable bonds is 3. The molecule has 1 aliphatic heterocycles. The van der Waals surface area contributed by atoms with Gasteiger partial charge in [0.1, 0.15) is 0 Å². The molecule has 6 nitrogen and oxygen atoms in total. The fourth-order valence-electron chi connectivity index (χ4n) is 2.00. The molecule has 0 bridgehead atoms. The molecule has 0 saturated heterocycles. The first-order valence-corrected chi connectivity index (χ1v) is 7.99. The zero-order valence-electron chi connectivity index (χ0n) is 10.7. The number of pyridine rings is 1. The van der Waals surface area contributed by atoms with Crippen molar-refractivity contribution in [3.63, 3.8) is 0 Å². The Morgan fingerprint density at radius 1 is 1.24 bits per heavy atom. The van der Waals surface area contributed by atoms with Gasteiger partial charge < -0.3 is 14.7 Å². The quantitative estimate of drug-likeness (QED) is 0.633. The van der Waals surface area contributed by atoms with Gasteiger partial charge in [-0.3, -0.25) is 0 Å². The predicted octanol–water partition coefficient (Wildman–Crippen LogP) is 1.68. The van der Waals surface area contributed by atoms with Gasteiger partial charge in [0.05, 0.1) is 5.75 Å². The number of ether oxygens (including phenoxy) is 2. The number of hydrogen-bond acceptors (Lipinski definition) is 5. The number of hydrogen-bond donors (Lipinski definition) is 0. The molecule has 0 amide bonds. The van der Waals surface area contributed by atoms with E-state index >= 15 is 0 Å². The fourth-order valence-corrected chi connectivity index (χ4v) is 3.72. The van der Waals surface area contributed by atoms with Gasteiger partial charge in [0, 0.05) is 23.2 Å². The zero-order chi connectivity index (χ0) is 15.0. The second-order valence-electron chi connectivity index (χ2n) is 4.42. The van der Waals surface area contributed by atoms with E-state index in [-0.39, 0.29) is 16.8 Å². The Balaban J connectivity index is 1.99. The highest BCUT2D eigenvalue weighted by molar-refractivity contribution is 7.90. The highest BCUT2D eigenvalue weighted by Crippen LogP contribution is 2.37. The smallest absolute Gasteiger partial charge is 0.308 e. The molecule has 1 aromatic heterocycles. The Bertz CT molecular complexity index is 806. The molecule has 2 heterocycles. The van der Waals surface area contributed by atoms with Gasteiger partial charge in [-0.15, -0.1) is 0 Å². The van der Waals surface area contributed by atoms with E-state index in [4.69, 9.17) is 21.1 Å². The van der Waals surface area contributed by atoms with Gasteiger partial charge in [0.15, 0.2) is 17.7 Å². The minimum Gasteiger partial charge on any atom is -0.618 e. The van der Waals surface area contributed by atoms with E-state index in [1.165, 1.54) is 30.3 Å². The lowest BCUT2D eigenvalue weighted by Crippen LogP contribution is -2.33. The van der Waals surface area contributed by atoms with Crippen LogP contribution in [0, 0.1) is 5.21 Å². The molecule has 0 radical (unpaired) electrons. The van der Waals surface area contributed by atoms with Crippen LogP contribution in [0.5, 0.6) is 11.5 Å². The summed E-state index contributed by atoms with van der Waals surface area (Å²) in [4.78, 5) is 0. The summed E-state index contributed by atoms with van der Waals surface area (Å²) >= 11 is 6.06. The van der Waals surface area contributed by atoms with E-state index in [0.29, 0.717) is 21.8 Å². The summed E-state index contributed by atoms with van der Waals surface area (Å²) in [5, 5.41) is 11.5. The summed E-state index contributed by atoms with van der Waals surface area (Å²) in [6.07, 6.45) is 1.13. The van der Waals surface area contributed by atoms with Gasteiger partial charge in [-0.05, 0) is 17.7 Å². The van der Waals surface area contributed by atoms with Crippen molar-refractivity contribution in [1.29, 1.82) is 0 Å². The maximum absolute atomic E-state index is 12.3. The molecule has 0 N–H and O–H groups in total. The first kappa shape index (κ1) is 14.0. The molecule has 110 valence electrons. The van der Waals surface area contributed by atoms with Crippen molar-refractivity contribution in [3.8, 4) is 11.5 Å². The monoisotopic (exact) mass is 327 g/mol. The van der Waals surface area contributed by atoms with E-state index in [1.54, 1.807) is 0 Å². The maximum Gasteiger partial charge on any atom is 0.308 e. The van der Waals surface area contributed by atoms with Crippen LogP contribution < -0.4 is 14.2 Å². The Morgan fingerprint density at radius 2 is 1.95 bits per heavy atom. The van der Waals surface area contributed by atoms with Crippen molar-refractivity contribution in [1.82, 2.24) is 0 Å². The summed E-state index contributed by atoms with van der Waals surface area (Å²) in [6.45, 7) is 0.0705. The second kappa shape index (κ2) is 5.09. The minimum absolute atomic E-state index is 0.0705. The lowest BCUT2D eigenvalue weighted by atomic mass is 10.2. The molecular formula is C13H10ClNO5S. The van der Waals surface area contributed by atoms with Gasteiger partial charge in [-0.25, -0.2) is 8.42 Å². The average Bonchev–Trinajstić information content (AvgIpc) is 2.86. The Labute approximate surface area is 126 Å². The van der Waals surface area contributed by atoms with Crippen LogP contribution in [0.15, 0.2) is 41.6 Å². The Morgan fingerprint density at radius 3 is 2.67 bits per heavy atom. The third-order valence-corrected chi connectivity index (χ3v) is 4.99. The second-order valence-corrected chi connectivity index (χ2v) is 6.76. The van der Waals surface area contributed by atoms with Crippen LogP contribution in [0.25, 0.3) is 0 Å². The minimum atomic E-state index is -3.81. The summed E-state index contributed by atoms with van der Waals surface area (Å²) in [6, 6.07) is 7.22. The van der Waals surface area contributed by atoms with E-state index in [9.17, 15) is 13.6 Å². The molecule has 0 saturated carbocycles. The largest absolute Gasteiger partial charge is 0.618 e. The highest BCUT2D eigenvalue weighted by atomic mass is 35.5. The summed E-state index contributed by atoms with van der Waals surface area (Å²) in [5.74, 6) is 0.516. The number of aromatic nitrogens is 1. The van der Waals surface area contributed by atoms with Crippen molar-refractivity contribution >= 4 is 21.4 Å². The molecule has 0 fully saturated rings. The molecule has 0 unspecified atom stereocenters. The molecule has 1 aliphatic rings. The number of fused-ring (bicyclic) bond motifs is 1. The molecule has 1 aromatic carbocycles. The van der Waals surface area contributed by atoms with E-state index in [1.807, 2.05) is 0 Å². The Hall–Kier alpha value is -1.99. The standard InChI is InChI=1S/C13H10ClNO5S/c14-10-6-12-11(19-8-20-12)5-9(10)7-21(17,18)13-3-1-2-4-15(13)16/h1-6H,7-8H2. The number of halogens is 1. The van der Waals surface area contributed by atoms with Crippen LogP contribution in [-0.4, -0.2) is 15.2 Å². The molecule has 2 aromatic rings. The third kappa shape index (κ3) is 2.62. The summed E-state index contributed by atoms with van der Waals surface area (Å²) in [5.41, 5.74) is 0.352. The van der Waals surface area contributed by atoms with Crippen LogP contribution in [0.2, 0.25) is 5.02 Å². The SMILES string of the molecule is O=S(=O)(Cc1cc2c(cc1Cl)OCO2)c1cccc[n+]1[O-]. The van der Waals surface area contributed by atoms with Crippen molar-refractivity contribution in [3.05, 3.63) is 52.3 Å². The molecule has 0 aliphatic carbocycles. The number of sulfone groups is 1. The topological polar surface area (TPSA) is 79.5 Å². The molecule has 0 spiro atoms. The predicted molar refractivity (Wildman–Crippen MR) is 73.9 cm³/mol. The van der Waals surface area contributed by atoms with Crippen molar-refractivity contribution in [2.24, 2.45) is 0 Å². The van der Waals surface area contributed by atoms with Gasteiger partial charge in [-0.2, -0.15) is 4.73 Å². The van der Waals surface area contributed by atoms with Gasteiger partial charge >= 0.3 is 5.03 Å². The maximum atomic E-state index is 12.3. The van der Waals surface area contributed by atoms with Gasteiger partial charge in [0.25, 0.3) is 0 Å². The van der Waals surface area contributed by atoms with Crippen LogP contribution in [-0.2, 0) is 15.6 Å². The van der Waals surface area contributed by atoms with Crippen molar-refractivity contribution < 1.29 is 22.6 Å². The molecule has 0 atom stereocenters. The van der Waals surface area contributed by atoms with Gasteiger partial charge in [-0.1, -0.05) is 11.6 Å². The van der Waals surface area contributed by atoms with Gasteiger partial charge in [0.2, 0.25) is 16.6 Å². The fraction of sp³-hybridized carbons (Fsp3) is 0.154. The van der Waals surface area contributed by atoms with E-state index in [0.717, 1.165) is 6.20 Å². The van der Waals surface area contributed by atoms with Crippen LogP contribution in [0.4, 0.5) is 0 Å². The Kier molecular flexibility index (Phi) is 3.38.